The fourth-order valence-electron chi connectivity index (χ4n) is 2.38. The van der Waals surface area contributed by atoms with E-state index in [1.807, 2.05) is 27.7 Å². The first-order valence-corrected chi connectivity index (χ1v) is 8.83. The van der Waals surface area contributed by atoms with E-state index in [2.05, 4.69) is 4.99 Å². The molecule has 1 N–H and O–H groups in total. The van der Waals surface area contributed by atoms with Crippen molar-refractivity contribution in [3.63, 3.8) is 0 Å². The van der Waals surface area contributed by atoms with Crippen LogP contribution < -0.4 is 4.74 Å². The lowest BCUT2D eigenvalue weighted by atomic mass is 10.1. The smallest absolute Gasteiger partial charge is 0.274 e. The summed E-state index contributed by atoms with van der Waals surface area (Å²) in [5.41, 5.74) is -0.0971. The highest BCUT2D eigenvalue weighted by atomic mass is 32.2. The number of carbonyl (C=O) groups is 1. The minimum absolute atomic E-state index is 0.0113. The summed E-state index contributed by atoms with van der Waals surface area (Å²) >= 11 is 1.18. The van der Waals surface area contributed by atoms with Crippen molar-refractivity contribution in [2.45, 2.75) is 39.8 Å². The van der Waals surface area contributed by atoms with Crippen LogP contribution in [-0.2, 0) is 4.79 Å². The number of phenolic OH excluding ortho intramolecular Hbond substituents is 1. The Morgan fingerprint density at radius 3 is 2.50 bits per heavy atom. The van der Waals surface area contributed by atoms with Crippen LogP contribution in [0, 0.1) is 10.1 Å². The zero-order valence-electron chi connectivity index (χ0n) is 15.2. The standard InChI is InChI=1S/C17H21N3O5S/c1-9(2)18-17-19(10(3)4)16(22)14(26-17)7-11-6-12(20(23)24)8-13(25-5)15(11)21/h6-10,21H,1-5H3/b14-7+,18-17?. The predicted molar refractivity (Wildman–Crippen MR) is 101 cm³/mol. The van der Waals surface area contributed by atoms with E-state index in [1.54, 1.807) is 4.90 Å². The molecule has 1 saturated heterocycles. The number of non-ortho nitro benzene ring substituents is 1. The number of benzene rings is 1. The molecule has 0 atom stereocenters. The summed E-state index contributed by atoms with van der Waals surface area (Å²) in [4.78, 5) is 29.6. The number of aromatic hydroxyl groups is 1. The third-order valence-electron chi connectivity index (χ3n) is 3.53. The van der Waals surface area contributed by atoms with Crippen molar-refractivity contribution in [1.82, 2.24) is 4.90 Å². The molecule has 0 saturated carbocycles. The summed E-state index contributed by atoms with van der Waals surface area (Å²) in [7, 11) is 1.30. The molecule has 0 unspecified atom stereocenters. The van der Waals surface area contributed by atoms with E-state index in [0.29, 0.717) is 10.1 Å². The first kappa shape index (κ1) is 19.8. The highest BCUT2D eigenvalue weighted by Crippen LogP contribution is 2.39. The molecule has 0 aromatic heterocycles. The van der Waals surface area contributed by atoms with E-state index in [0.717, 1.165) is 6.07 Å². The van der Waals surface area contributed by atoms with Gasteiger partial charge in [-0.2, -0.15) is 0 Å². The minimum atomic E-state index is -0.584. The lowest BCUT2D eigenvalue weighted by molar-refractivity contribution is -0.385. The van der Waals surface area contributed by atoms with Gasteiger partial charge in [-0.25, -0.2) is 0 Å². The zero-order chi connectivity index (χ0) is 19.6. The third-order valence-corrected chi connectivity index (χ3v) is 4.53. The lowest BCUT2D eigenvalue weighted by Crippen LogP contribution is -2.35. The van der Waals surface area contributed by atoms with Crippen LogP contribution in [-0.4, -0.2) is 45.2 Å². The van der Waals surface area contributed by atoms with E-state index in [9.17, 15) is 20.0 Å². The number of nitro benzene ring substituents is 1. The van der Waals surface area contributed by atoms with E-state index in [-0.39, 0.29) is 40.7 Å². The van der Waals surface area contributed by atoms with Gasteiger partial charge in [0.15, 0.2) is 16.7 Å². The van der Waals surface area contributed by atoms with Crippen molar-refractivity contribution >= 4 is 34.6 Å². The number of aliphatic imine (C=N–C) groups is 1. The average molecular weight is 379 g/mol. The van der Waals surface area contributed by atoms with Crippen molar-refractivity contribution < 1.29 is 19.6 Å². The van der Waals surface area contributed by atoms with Crippen molar-refractivity contribution in [3.8, 4) is 11.5 Å². The van der Waals surface area contributed by atoms with Gasteiger partial charge in [-0.1, -0.05) is 0 Å². The Bertz CT molecular complexity index is 802. The Balaban J connectivity index is 2.54. The fourth-order valence-corrected chi connectivity index (χ4v) is 3.60. The largest absolute Gasteiger partial charge is 0.504 e. The molecule has 1 aliphatic heterocycles. The molecule has 1 aromatic carbocycles. The monoisotopic (exact) mass is 379 g/mol. The zero-order valence-corrected chi connectivity index (χ0v) is 16.0. The summed E-state index contributed by atoms with van der Waals surface area (Å²) in [6, 6.07) is 2.26. The number of carbonyl (C=O) groups excluding carboxylic acids is 1. The van der Waals surface area contributed by atoms with E-state index in [4.69, 9.17) is 4.74 Å². The molecule has 140 valence electrons. The van der Waals surface area contributed by atoms with Gasteiger partial charge in [-0.15, -0.1) is 0 Å². The number of nitro groups is 1. The Morgan fingerprint density at radius 2 is 2.00 bits per heavy atom. The van der Waals surface area contributed by atoms with Crippen molar-refractivity contribution in [2.75, 3.05) is 7.11 Å². The van der Waals surface area contributed by atoms with E-state index >= 15 is 0 Å². The number of nitrogens with zero attached hydrogens (tertiary/aromatic N) is 3. The normalized spacial score (nSPS) is 17.8. The molecule has 0 aliphatic carbocycles. The SMILES string of the molecule is COc1cc([N+](=O)[O-])cc(/C=C2/SC(=NC(C)C)N(C(C)C)C2=O)c1O. The number of ether oxygens (including phenoxy) is 1. The second-order valence-corrected chi connectivity index (χ2v) is 7.24. The van der Waals surface area contributed by atoms with Crippen molar-refractivity contribution in [3.05, 3.63) is 32.7 Å². The molecule has 0 bridgehead atoms. The van der Waals surface area contributed by atoms with Crippen LogP contribution in [0.2, 0.25) is 0 Å². The number of amides is 1. The molecule has 1 aromatic rings. The molecular weight excluding hydrogens is 358 g/mol. The first-order chi connectivity index (χ1) is 12.1. The molecule has 26 heavy (non-hydrogen) atoms. The molecule has 8 nitrogen and oxygen atoms in total. The molecule has 1 heterocycles. The predicted octanol–water partition coefficient (Wildman–Crippen LogP) is 3.40. The van der Waals surface area contributed by atoms with Gasteiger partial charge in [-0.3, -0.25) is 24.8 Å². The molecular formula is C17H21N3O5S. The maximum Gasteiger partial charge on any atom is 0.274 e. The number of hydrogen-bond donors (Lipinski definition) is 1. The van der Waals surface area contributed by atoms with Crippen LogP contribution in [0.3, 0.4) is 0 Å². The molecule has 9 heteroatoms. The lowest BCUT2D eigenvalue weighted by Gasteiger charge is -2.20. The number of rotatable bonds is 5. The molecule has 2 rings (SSSR count). The molecule has 1 fully saturated rings. The summed E-state index contributed by atoms with van der Waals surface area (Å²) in [5, 5.41) is 21.9. The van der Waals surface area contributed by atoms with Crippen LogP contribution in [0.1, 0.15) is 33.3 Å². The Hall–Kier alpha value is -2.55. The van der Waals surface area contributed by atoms with Gasteiger partial charge in [0.05, 0.1) is 23.0 Å². The van der Waals surface area contributed by atoms with Gasteiger partial charge >= 0.3 is 0 Å². The van der Waals surface area contributed by atoms with Crippen LogP contribution >= 0.6 is 11.8 Å². The van der Waals surface area contributed by atoms with Crippen LogP contribution in [0.4, 0.5) is 5.69 Å². The summed E-state index contributed by atoms with van der Waals surface area (Å²) in [6.07, 6.45) is 1.43. The van der Waals surface area contributed by atoms with Crippen molar-refractivity contribution in [2.24, 2.45) is 4.99 Å². The van der Waals surface area contributed by atoms with Gasteiger partial charge in [-0.05, 0) is 45.5 Å². The average Bonchev–Trinajstić information content (AvgIpc) is 2.83. The van der Waals surface area contributed by atoms with Gasteiger partial charge in [0.2, 0.25) is 0 Å². The van der Waals surface area contributed by atoms with E-state index < -0.39 is 4.92 Å². The topological polar surface area (TPSA) is 105 Å². The Labute approximate surface area is 155 Å². The van der Waals surface area contributed by atoms with Gasteiger partial charge < -0.3 is 9.84 Å². The second kappa shape index (κ2) is 7.77. The summed E-state index contributed by atoms with van der Waals surface area (Å²) in [5.74, 6) is -0.545. The Morgan fingerprint density at radius 1 is 1.35 bits per heavy atom. The highest BCUT2D eigenvalue weighted by molar-refractivity contribution is 8.18. The molecule has 1 amide bonds. The van der Waals surface area contributed by atoms with Crippen LogP contribution in [0.15, 0.2) is 22.0 Å². The number of thioether (sulfide) groups is 1. The molecule has 0 radical (unpaired) electrons. The third kappa shape index (κ3) is 3.98. The van der Waals surface area contributed by atoms with Gasteiger partial charge in [0.25, 0.3) is 11.6 Å². The summed E-state index contributed by atoms with van der Waals surface area (Å²) < 4.78 is 4.99. The van der Waals surface area contributed by atoms with Crippen LogP contribution in [0.25, 0.3) is 6.08 Å². The molecule has 1 aliphatic rings. The van der Waals surface area contributed by atoms with Crippen molar-refractivity contribution in [1.29, 1.82) is 0 Å². The molecule has 0 spiro atoms. The number of phenols is 1. The maximum atomic E-state index is 12.7. The fraction of sp³-hybridized carbons (Fsp3) is 0.412. The van der Waals surface area contributed by atoms with Crippen LogP contribution in [0.5, 0.6) is 11.5 Å². The van der Waals surface area contributed by atoms with E-state index in [1.165, 1.54) is 31.0 Å². The number of amidine groups is 1. The maximum absolute atomic E-state index is 12.7. The summed E-state index contributed by atoms with van der Waals surface area (Å²) in [6.45, 7) is 7.58. The van der Waals surface area contributed by atoms with Gasteiger partial charge in [0.1, 0.15) is 0 Å². The Kier molecular flexibility index (Phi) is 5.91. The first-order valence-electron chi connectivity index (χ1n) is 8.02. The number of hydrogen-bond acceptors (Lipinski definition) is 7. The highest BCUT2D eigenvalue weighted by Gasteiger charge is 2.35. The number of methoxy groups -OCH3 is 1. The second-order valence-electron chi connectivity index (χ2n) is 6.23. The van der Waals surface area contributed by atoms with Gasteiger partial charge in [0, 0.05) is 23.7 Å². The quantitative estimate of drug-likeness (QED) is 0.477. The minimum Gasteiger partial charge on any atom is -0.504 e.